The van der Waals surface area contributed by atoms with Gasteiger partial charge >= 0.3 is 0 Å². The van der Waals surface area contributed by atoms with Gasteiger partial charge in [-0.25, -0.2) is 4.98 Å². The zero-order valence-corrected chi connectivity index (χ0v) is 17.1. The number of imidazole rings is 1. The number of hydrogen-bond donors (Lipinski definition) is 1. The van der Waals surface area contributed by atoms with E-state index in [9.17, 15) is 5.11 Å². The van der Waals surface area contributed by atoms with Gasteiger partial charge in [-0.05, 0) is 25.3 Å². The maximum atomic E-state index is 9.79. The molecule has 0 spiro atoms. The first kappa shape index (κ1) is 17.9. The van der Waals surface area contributed by atoms with Crippen LogP contribution in [0.2, 0.25) is 0 Å². The van der Waals surface area contributed by atoms with Gasteiger partial charge in [-0.15, -0.1) is 10.2 Å². The number of aryl methyl sites for hydroxylation is 1. The predicted octanol–water partition coefficient (Wildman–Crippen LogP) is 2.80. The Morgan fingerprint density at radius 1 is 1.18 bits per heavy atom. The summed E-state index contributed by atoms with van der Waals surface area (Å²) in [6.45, 7) is 3.19. The van der Waals surface area contributed by atoms with E-state index in [4.69, 9.17) is 0 Å². The van der Waals surface area contributed by atoms with Crippen LogP contribution in [-0.4, -0.2) is 46.5 Å². The van der Waals surface area contributed by atoms with Crippen LogP contribution in [0.5, 0.6) is 0 Å². The lowest BCUT2D eigenvalue weighted by atomic mass is 9.93. The quantitative estimate of drug-likeness (QED) is 0.736. The molecule has 3 aromatic rings. The first-order valence-electron chi connectivity index (χ1n) is 9.79. The molecule has 1 unspecified atom stereocenters. The second-order valence-corrected chi connectivity index (χ2v) is 9.99. The molecular weight excluding hydrogens is 370 g/mol. The van der Waals surface area contributed by atoms with E-state index in [0.29, 0.717) is 0 Å². The van der Waals surface area contributed by atoms with Gasteiger partial charge in [-0.1, -0.05) is 24.3 Å². The third-order valence-corrected chi connectivity index (χ3v) is 7.43. The van der Waals surface area contributed by atoms with Crippen molar-refractivity contribution in [2.24, 2.45) is 7.05 Å². The SMILES string of the molecule is Cn1cnc(-c2ccc(C3(c4nnc5n4CCSC(C)(CO)C5)CC3)cc2)c1. The lowest BCUT2D eigenvalue weighted by Gasteiger charge is -2.23. The minimum atomic E-state index is -0.167. The predicted molar refractivity (Wildman–Crippen MR) is 110 cm³/mol. The average Bonchev–Trinajstić information content (AvgIpc) is 3.30. The Morgan fingerprint density at radius 3 is 2.61 bits per heavy atom. The molecule has 1 aromatic carbocycles. The third kappa shape index (κ3) is 2.88. The van der Waals surface area contributed by atoms with E-state index in [1.165, 1.54) is 5.56 Å². The van der Waals surface area contributed by atoms with Crippen LogP contribution < -0.4 is 0 Å². The summed E-state index contributed by atoms with van der Waals surface area (Å²) in [7, 11) is 1.99. The summed E-state index contributed by atoms with van der Waals surface area (Å²) in [6, 6.07) is 8.77. The van der Waals surface area contributed by atoms with Crippen LogP contribution in [0.25, 0.3) is 11.3 Å². The van der Waals surface area contributed by atoms with E-state index in [0.717, 1.165) is 54.5 Å². The Bertz CT molecular complexity index is 1000. The second kappa shape index (κ2) is 6.46. The van der Waals surface area contributed by atoms with Gasteiger partial charge in [0, 0.05) is 42.3 Å². The summed E-state index contributed by atoms with van der Waals surface area (Å²) in [5, 5.41) is 19.0. The summed E-state index contributed by atoms with van der Waals surface area (Å²) in [4.78, 5) is 4.45. The molecule has 6 nitrogen and oxygen atoms in total. The van der Waals surface area contributed by atoms with Crippen molar-refractivity contribution in [2.75, 3.05) is 12.4 Å². The summed E-state index contributed by atoms with van der Waals surface area (Å²) in [5.74, 6) is 3.08. The van der Waals surface area contributed by atoms with Crippen molar-refractivity contribution in [3.63, 3.8) is 0 Å². The summed E-state index contributed by atoms with van der Waals surface area (Å²) >= 11 is 1.84. The average molecular weight is 396 g/mol. The van der Waals surface area contributed by atoms with E-state index >= 15 is 0 Å². The molecule has 0 amide bonds. The van der Waals surface area contributed by atoms with Gasteiger partial charge in [0.1, 0.15) is 11.6 Å². The van der Waals surface area contributed by atoms with Crippen LogP contribution in [0.4, 0.5) is 0 Å². The maximum absolute atomic E-state index is 9.79. The van der Waals surface area contributed by atoms with Crippen molar-refractivity contribution < 1.29 is 5.11 Å². The number of fused-ring (bicyclic) bond motifs is 1. The van der Waals surface area contributed by atoms with E-state index in [2.05, 4.69) is 50.9 Å². The van der Waals surface area contributed by atoms with Gasteiger partial charge in [0.15, 0.2) is 0 Å². The fourth-order valence-corrected chi connectivity index (χ4v) is 5.30. The number of aliphatic hydroxyl groups excluding tert-OH is 1. The van der Waals surface area contributed by atoms with Gasteiger partial charge in [0.25, 0.3) is 0 Å². The fourth-order valence-electron chi connectivity index (χ4n) is 4.21. The third-order valence-electron chi connectivity index (χ3n) is 6.08. The number of hydrogen-bond acceptors (Lipinski definition) is 5. The molecule has 1 aliphatic carbocycles. The van der Waals surface area contributed by atoms with Crippen LogP contribution in [0.3, 0.4) is 0 Å². The lowest BCUT2D eigenvalue weighted by molar-refractivity contribution is 0.254. The highest BCUT2D eigenvalue weighted by atomic mass is 32.2. The molecule has 2 aromatic heterocycles. The summed E-state index contributed by atoms with van der Waals surface area (Å²) in [5.41, 5.74) is 3.42. The highest BCUT2D eigenvalue weighted by molar-refractivity contribution is 8.00. The van der Waals surface area contributed by atoms with E-state index in [-0.39, 0.29) is 16.8 Å². The molecular formula is C21H25N5OS. The molecule has 1 fully saturated rings. The molecule has 5 rings (SSSR count). The zero-order valence-electron chi connectivity index (χ0n) is 16.3. The normalized spacial score (nSPS) is 23.2. The maximum Gasteiger partial charge on any atom is 0.143 e. The Morgan fingerprint density at radius 2 is 1.96 bits per heavy atom. The molecule has 1 N–H and O–H groups in total. The fraction of sp³-hybridized carbons (Fsp3) is 0.476. The molecule has 7 heteroatoms. The summed E-state index contributed by atoms with van der Waals surface area (Å²) in [6.07, 6.45) is 6.85. The van der Waals surface area contributed by atoms with E-state index < -0.39 is 0 Å². The summed E-state index contributed by atoms with van der Waals surface area (Å²) < 4.78 is 4.11. The van der Waals surface area contributed by atoms with Crippen molar-refractivity contribution >= 4 is 11.8 Å². The van der Waals surface area contributed by atoms with Gasteiger partial charge in [0.2, 0.25) is 0 Å². The van der Waals surface area contributed by atoms with E-state index in [1.54, 1.807) is 0 Å². The number of thioether (sulfide) groups is 1. The first-order valence-corrected chi connectivity index (χ1v) is 10.8. The Kier molecular flexibility index (Phi) is 4.14. The highest BCUT2D eigenvalue weighted by Crippen LogP contribution is 2.53. The smallest absolute Gasteiger partial charge is 0.143 e. The topological polar surface area (TPSA) is 68.8 Å². The molecule has 2 aliphatic rings. The minimum absolute atomic E-state index is 0.0154. The number of rotatable bonds is 4. The largest absolute Gasteiger partial charge is 0.395 e. The molecule has 0 radical (unpaired) electrons. The van der Waals surface area contributed by atoms with Crippen molar-refractivity contribution in [1.82, 2.24) is 24.3 Å². The van der Waals surface area contributed by atoms with Crippen molar-refractivity contribution in [2.45, 2.75) is 42.9 Å². The Hall–Kier alpha value is -2.12. The van der Waals surface area contributed by atoms with Crippen LogP contribution in [0.1, 0.15) is 37.0 Å². The number of aliphatic hydroxyl groups is 1. The Balaban J connectivity index is 1.47. The number of benzene rings is 1. The molecule has 1 atom stereocenters. The molecule has 28 heavy (non-hydrogen) atoms. The standard InChI is InChI=1S/C21H25N5OS/c1-20(13-27)11-18-23-24-19(26(18)9-10-28-20)21(7-8-21)16-5-3-15(4-6-16)17-12-25(2)14-22-17/h3-6,12,14,27H,7-11,13H2,1-2H3. The van der Waals surface area contributed by atoms with Gasteiger partial charge in [-0.2, -0.15) is 11.8 Å². The molecule has 1 saturated carbocycles. The molecule has 146 valence electrons. The molecule has 0 bridgehead atoms. The molecule has 1 aliphatic heterocycles. The van der Waals surface area contributed by atoms with Crippen molar-refractivity contribution in [3.8, 4) is 11.3 Å². The van der Waals surface area contributed by atoms with Crippen molar-refractivity contribution in [3.05, 3.63) is 54.0 Å². The van der Waals surface area contributed by atoms with Crippen LogP contribution >= 0.6 is 11.8 Å². The number of nitrogens with zero attached hydrogens (tertiary/aromatic N) is 5. The lowest BCUT2D eigenvalue weighted by Crippen LogP contribution is -2.28. The molecule has 0 saturated heterocycles. The molecule has 3 heterocycles. The van der Waals surface area contributed by atoms with Gasteiger partial charge < -0.3 is 14.2 Å². The highest BCUT2D eigenvalue weighted by Gasteiger charge is 2.50. The monoisotopic (exact) mass is 395 g/mol. The van der Waals surface area contributed by atoms with Crippen LogP contribution in [0.15, 0.2) is 36.8 Å². The second-order valence-electron chi connectivity index (χ2n) is 8.31. The van der Waals surface area contributed by atoms with Crippen LogP contribution in [-0.2, 0) is 25.4 Å². The van der Waals surface area contributed by atoms with Crippen LogP contribution in [0, 0.1) is 0 Å². The van der Waals surface area contributed by atoms with E-state index in [1.807, 2.05) is 35.9 Å². The zero-order chi connectivity index (χ0) is 19.4. The first-order chi connectivity index (χ1) is 13.5. The Labute approximate surface area is 169 Å². The van der Waals surface area contributed by atoms with Gasteiger partial charge in [-0.3, -0.25) is 0 Å². The van der Waals surface area contributed by atoms with Crippen molar-refractivity contribution in [1.29, 1.82) is 0 Å². The number of aromatic nitrogens is 5. The van der Waals surface area contributed by atoms with Gasteiger partial charge in [0.05, 0.1) is 24.0 Å². The minimum Gasteiger partial charge on any atom is -0.395 e.